The van der Waals surface area contributed by atoms with E-state index < -0.39 is 29.7 Å². The second-order valence-electron chi connectivity index (χ2n) is 6.64. The van der Waals surface area contributed by atoms with Crippen molar-refractivity contribution < 1.29 is 17.6 Å². The number of piperidine rings is 1. The van der Waals surface area contributed by atoms with Crippen LogP contribution in [0.2, 0.25) is 0 Å². The van der Waals surface area contributed by atoms with Crippen LogP contribution >= 0.6 is 12.4 Å². The van der Waals surface area contributed by atoms with E-state index in [-0.39, 0.29) is 37.4 Å². The van der Waals surface area contributed by atoms with E-state index in [4.69, 9.17) is 5.73 Å². The third-order valence-corrected chi connectivity index (χ3v) is 4.73. The van der Waals surface area contributed by atoms with Gasteiger partial charge in [0, 0.05) is 25.2 Å². The lowest BCUT2D eigenvalue weighted by molar-refractivity contribution is 0.243. The van der Waals surface area contributed by atoms with E-state index in [0.29, 0.717) is 23.7 Å². The predicted molar refractivity (Wildman–Crippen MR) is 99.9 cm³/mol. The Kier molecular flexibility index (Phi) is 5.76. The van der Waals surface area contributed by atoms with Crippen molar-refractivity contribution in [2.45, 2.75) is 25.2 Å². The maximum Gasteiger partial charge on any atom is 0.206 e. The van der Waals surface area contributed by atoms with E-state index in [1.54, 1.807) is 9.47 Å². The predicted octanol–water partition coefficient (Wildman–Crippen LogP) is 3.19. The maximum absolute atomic E-state index is 13.8. The molecule has 2 N–H and O–H groups in total. The minimum Gasteiger partial charge on any atom is -0.340 e. The van der Waals surface area contributed by atoms with Gasteiger partial charge in [-0.05, 0) is 18.6 Å². The molecular weight excluding hydrogens is 398 g/mol. The van der Waals surface area contributed by atoms with Gasteiger partial charge in [0.15, 0.2) is 11.6 Å². The van der Waals surface area contributed by atoms with Gasteiger partial charge < -0.3 is 15.2 Å². The molecule has 28 heavy (non-hydrogen) atoms. The van der Waals surface area contributed by atoms with Crippen LogP contribution in [-0.4, -0.2) is 39.8 Å². The van der Waals surface area contributed by atoms with Gasteiger partial charge in [-0.25, -0.2) is 22.5 Å². The number of aromatic nitrogens is 3. The molecule has 0 aliphatic carbocycles. The molecule has 0 saturated carbocycles. The second-order valence-corrected chi connectivity index (χ2v) is 6.64. The highest BCUT2D eigenvalue weighted by atomic mass is 35.5. The molecule has 0 radical (unpaired) electrons. The summed E-state index contributed by atoms with van der Waals surface area (Å²) in [5.41, 5.74) is 6.99. The van der Waals surface area contributed by atoms with Crippen molar-refractivity contribution in [2.75, 3.05) is 18.0 Å². The summed E-state index contributed by atoms with van der Waals surface area (Å²) in [5, 5.41) is 0. The van der Waals surface area contributed by atoms with Crippen LogP contribution in [0.15, 0.2) is 30.5 Å². The first-order chi connectivity index (χ1) is 12.9. The number of rotatable bonds is 3. The lowest BCUT2D eigenvalue weighted by Crippen LogP contribution is -2.50. The minimum absolute atomic E-state index is 0. The summed E-state index contributed by atoms with van der Waals surface area (Å²) in [6.07, 6.45) is 0.216. The Morgan fingerprint density at radius 1 is 1.14 bits per heavy atom. The quantitative estimate of drug-likeness (QED) is 0.667. The lowest BCUT2D eigenvalue weighted by Gasteiger charge is -2.34. The van der Waals surface area contributed by atoms with E-state index in [1.807, 2.05) is 0 Å². The molecule has 2 unspecified atom stereocenters. The summed E-state index contributed by atoms with van der Waals surface area (Å²) in [6.45, 7) is 0.772. The third kappa shape index (κ3) is 3.77. The van der Waals surface area contributed by atoms with Crippen LogP contribution in [0.4, 0.5) is 23.5 Å². The summed E-state index contributed by atoms with van der Waals surface area (Å²) >= 11 is 0. The second kappa shape index (κ2) is 7.92. The molecule has 2 atom stereocenters. The third-order valence-electron chi connectivity index (χ3n) is 4.73. The zero-order valence-corrected chi connectivity index (χ0v) is 15.5. The van der Waals surface area contributed by atoms with Crippen molar-refractivity contribution in [1.82, 2.24) is 14.5 Å². The normalized spacial score (nSPS) is 19.7. The van der Waals surface area contributed by atoms with Crippen molar-refractivity contribution in [1.29, 1.82) is 0 Å². The van der Waals surface area contributed by atoms with E-state index in [2.05, 4.69) is 9.97 Å². The molecule has 10 heteroatoms. The molecule has 150 valence electrons. The topological polar surface area (TPSA) is 60.0 Å². The Labute approximate surface area is 164 Å². The number of hydrogen-bond donors (Lipinski definition) is 1. The van der Waals surface area contributed by atoms with Gasteiger partial charge in [-0.15, -0.1) is 12.4 Å². The molecule has 3 heterocycles. The molecule has 3 aromatic rings. The number of nitrogens with two attached hydrogens (primary N) is 1. The van der Waals surface area contributed by atoms with Crippen LogP contribution in [0.5, 0.6) is 0 Å². The number of alkyl halides is 1. The number of nitrogens with zero attached hydrogens (tertiary/aromatic N) is 4. The van der Waals surface area contributed by atoms with Crippen LogP contribution in [-0.2, 0) is 6.54 Å². The van der Waals surface area contributed by atoms with Crippen molar-refractivity contribution in [2.24, 2.45) is 5.73 Å². The molecule has 1 aromatic carbocycles. The highest BCUT2D eigenvalue weighted by molar-refractivity contribution is 5.85. The number of hydrogen-bond acceptors (Lipinski definition) is 4. The fourth-order valence-electron chi connectivity index (χ4n) is 3.30. The zero-order valence-electron chi connectivity index (χ0n) is 14.7. The Bertz CT molecular complexity index is 978. The smallest absolute Gasteiger partial charge is 0.206 e. The molecule has 0 bridgehead atoms. The molecule has 2 aromatic heterocycles. The minimum atomic E-state index is -1.10. The zero-order chi connectivity index (χ0) is 19.1. The van der Waals surface area contributed by atoms with Crippen molar-refractivity contribution in [3.8, 4) is 0 Å². The maximum atomic E-state index is 13.8. The molecule has 1 aliphatic heterocycles. The number of anilines is 1. The molecule has 1 saturated heterocycles. The molecule has 0 spiro atoms. The monoisotopic (exact) mass is 415 g/mol. The number of imidazole rings is 1. The first-order valence-electron chi connectivity index (χ1n) is 8.52. The van der Waals surface area contributed by atoms with Gasteiger partial charge in [-0.3, -0.25) is 4.98 Å². The van der Waals surface area contributed by atoms with Crippen LogP contribution in [0, 0.1) is 17.5 Å². The highest BCUT2D eigenvalue weighted by Crippen LogP contribution is 2.28. The van der Waals surface area contributed by atoms with E-state index >= 15 is 0 Å². The van der Waals surface area contributed by atoms with Gasteiger partial charge in [-0.2, -0.15) is 0 Å². The molecular formula is C18H18ClF4N5. The SMILES string of the molecule is Cl.NC1CN(c2nc3cc(F)c(F)cc3n2Cc2ccc(F)cn2)CCC1F. The number of benzene rings is 1. The summed E-state index contributed by atoms with van der Waals surface area (Å²) in [4.78, 5) is 10.2. The molecule has 4 rings (SSSR count). The summed E-state index contributed by atoms with van der Waals surface area (Å²) in [5.74, 6) is -2.05. The Morgan fingerprint density at radius 2 is 1.89 bits per heavy atom. The van der Waals surface area contributed by atoms with Gasteiger partial charge in [-0.1, -0.05) is 0 Å². The Morgan fingerprint density at radius 3 is 2.57 bits per heavy atom. The average Bonchev–Trinajstić information content (AvgIpc) is 2.97. The molecule has 1 aliphatic rings. The summed E-state index contributed by atoms with van der Waals surface area (Å²) < 4.78 is 56.0. The standard InChI is InChI=1S/C18H17F4N5.ClH/c19-10-1-2-11(24-7-10)8-27-17-6-14(22)13(21)5-16(17)25-18(27)26-4-3-12(20)15(23)9-26;/h1-2,5-7,12,15H,3-4,8-9,23H2;1H. The van der Waals surface area contributed by atoms with Crippen LogP contribution in [0.25, 0.3) is 11.0 Å². The Balaban J connectivity index is 0.00000225. The number of pyridine rings is 1. The van der Waals surface area contributed by atoms with Gasteiger partial charge in [0.2, 0.25) is 5.95 Å². The van der Waals surface area contributed by atoms with Crippen molar-refractivity contribution >= 4 is 29.4 Å². The highest BCUT2D eigenvalue weighted by Gasteiger charge is 2.29. The van der Waals surface area contributed by atoms with E-state index in [1.165, 1.54) is 12.1 Å². The van der Waals surface area contributed by atoms with Gasteiger partial charge in [0.05, 0.1) is 35.5 Å². The van der Waals surface area contributed by atoms with E-state index in [9.17, 15) is 17.6 Å². The van der Waals surface area contributed by atoms with Crippen LogP contribution in [0.1, 0.15) is 12.1 Å². The largest absolute Gasteiger partial charge is 0.340 e. The van der Waals surface area contributed by atoms with Gasteiger partial charge in [0.25, 0.3) is 0 Å². The van der Waals surface area contributed by atoms with Crippen LogP contribution < -0.4 is 10.6 Å². The van der Waals surface area contributed by atoms with E-state index in [0.717, 1.165) is 18.3 Å². The fourth-order valence-corrected chi connectivity index (χ4v) is 3.30. The first kappa shape index (κ1) is 20.3. The van der Waals surface area contributed by atoms with Crippen molar-refractivity contribution in [3.05, 3.63) is 53.6 Å². The number of fused-ring (bicyclic) bond motifs is 1. The molecule has 0 amide bonds. The molecule has 1 fully saturated rings. The van der Waals surface area contributed by atoms with Crippen LogP contribution in [0.3, 0.4) is 0 Å². The Hall–Kier alpha value is -2.39. The van der Waals surface area contributed by atoms with Crippen molar-refractivity contribution in [3.63, 3.8) is 0 Å². The van der Waals surface area contributed by atoms with Gasteiger partial charge in [0.1, 0.15) is 12.0 Å². The van der Waals surface area contributed by atoms with Gasteiger partial charge >= 0.3 is 0 Å². The summed E-state index contributed by atoms with van der Waals surface area (Å²) in [7, 11) is 0. The first-order valence-corrected chi connectivity index (χ1v) is 8.52. The molecule has 5 nitrogen and oxygen atoms in total. The lowest BCUT2D eigenvalue weighted by atomic mass is 10.1. The summed E-state index contributed by atoms with van der Waals surface area (Å²) in [6, 6.07) is 4.18. The average molecular weight is 416 g/mol. The number of halogens is 5. The fraction of sp³-hybridized carbons (Fsp3) is 0.333.